The Morgan fingerprint density at radius 2 is 1.65 bits per heavy atom. The van der Waals surface area contributed by atoms with E-state index < -0.39 is 7.94 Å². The van der Waals surface area contributed by atoms with Gasteiger partial charge in [-0.3, -0.25) is 4.79 Å². The summed E-state index contributed by atoms with van der Waals surface area (Å²) < 4.78 is 10.9. The van der Waals surface area contributed by atoms with E-state index in [-0.39, 0.29) is 5.91 Å². The van der Waals surface area contributed by atoms with Crippen LogP contribution in [0.15, 0.2) is 84.9 Å². The third kappa shape index (κ3) is 6.09. The molecule has 31 heavy (non-hydrogen) atoms. The number of rotatable bonds is 6. The van der Waals surface area contributed by atoms with Gasteiger partial charge in [-0.1, -0.05) is 60.7 Å². The van der Waals surface area contributed by atoms with Gasteiger partial charge in [-0.05, 0) is 46.5 Å². The van der Waals surface area contributed by atoms with E-state index >= 15 is 0 Å². The number of nitrogens with one attached hydrogen (secondary N) is 1. The van der Waals surface area contributed by atoms with Crippen molar-refractivity contribution in [3.05, 3.63) is 96.1 Å². The van der Waals surface area contributed by atoms with Gasteiger partial charge in [0, 0.05) is 18.2 Å². The number of benzene rings is 3. The summed E-state index contributed by atoms with van der Waals surface area (Å²) in [6, 6.07) is 25.5. The first-order valence-electron chi connectivity index (χ1n) is 10.2. The van der Waals surface area contributed by atoms with E-state index in [4.69, 9.17) is 9.05 Å². The molecule has 1 aliphatic rings. The molecule has 0 unspecified atom stereocenters. The average molecular weight is 434 g/mol. The number of amides is 1. The first kappa shape index (κ1) is 21.4. The third-order valence-corrected chi connectivity index (χ3v) is 6.84. The molecule has 0 radical (unpaired) electrons. The molecule has 0 aromatic heterocycles. The van der Waals surface area contributed by atoms with E-state index in [0.717, 1.165) is 28.7 Å². The second-order valence-corrected chi connectivity index (χ2v) is 9.43. The standard InChI is InChI=1S/C25H24NO4P/c27-25(15-12-20-6-4-9-23(18-20)22-7-2-1-3-8-22)26-24-13-10-21(11-14-24)19-31(28)29-16-5-17-30-31/h1-4,6-15,18,28H,5,16-17,19H2/p+1. The van der Waals surface area contributed by atoms with Gasteiger partial charge in [-0.15, -0.1) is 0 Å². The smallest absolute Gasteiger partial charge is 0.323 e. The van der Waals surface area contributed by atoms with Crippen molar-refractivity contribution in [2.24, 2.45) is 0 Å². The van der Waals surface area contributed by atoms with Crippen LogP contribution in [0.5, 0.6) is 0 Å². The van der Waals surface area contributed by atoms with Crippen molar-refractivity contribution < 1.29 is 18.7 Å². The number of carbonyl (C=O) groups excluding carboxylic acids is 1. The highest BCUT2D eigenvalue weighted by Crippen LogP contribution is 2.61. The van der Waals surface area contributed by atoms with Crippen LogP contribution in [0.4, 0.5) is 5.69 Å². The van der Waals surface area contributed by atoms with Crippen LogP contribution in [0.25, 0.3) is 17.2 Å². The van der Waals surface area contributed by atoms with Gasteiger partial charge in [0.2, 0.25) is 5.91 Å². The largest absolute Gasteiger partial charge is 0.413 e. The van der Waals surface area contributed by atoms with E-state index in [1.165, 1.54) is 6.08 Å². The van der Waals surface area contributed by atoms with Crippen LogP contribution in [0.1, 0.15) is 17.5 Å². The average Bonchev–Trinajstić information content (AvgIpc) is 2.80. The Balaban J connectivity index is 1.35. The Kier molecular flexibility index (Phi) is 6.90. The quantitative estimate of drug-likeness (QED) is 0.386. The predicted octanol–water partition coefficient (Wildman–Crippen LogP) is 5.70. The van der Waals surface area contributed by atoms with Gasteiger partial charge in [0.1, 0.15) is 0 Å². The molecule has 6 heteroatoms. The van der Waals surface area contributed by atoms with E-state index in [2.05, 4.69) is 29.6 Å². The van der Waals surface area contributed by atoms with Gasteiger partial charge < -0.3 is 5.32 Å². The Hall–Kier alpha value is -2.82. The van der Waals surface area contributed by atoms with Crippen LogP contribution in [-0.4, -0.2) is 24.0 Å². The lowest BCUT2D eigenvalue weighted by atomic mass is 10.0. The van der Waals surface area contributed by atoms with E-state index in [9.17, 15) is 9.69 Å². The number of hydrogen-bond acceptors (Lipinski definition) is 4. The van der Waals surface area contributed by atoms with Crippen LogP contribution in [0.3, 0.4) is 0 Å². The fraction of sp³-hybridized carbons (Fsp3) is 0.160. The Labute approximate surface area is 182 Å². The fourth-order valence-electron chi connectivity index (χ4n) is 3.33. The molecule has 5 nitrogen and oxygen atoms in total. The molecule has 0 bridgehead atoms. The molecule has 1 amide bonds. The van der Waals surface area contributed by atoms with Gasteiger partial charge in [-0.2, -0.15) is 13.9 Å². The molecule has 0 saturated carbocycles. The highest BCUT2D eigenvalue weighted by molar-refractivity contribution is 7.59. The summed E-state index contributed by atoms with van der Waals surface area (Å²) in [4.78, 5) is 22.7. The lowest BCUT2D eigenvalue weighted by Gasteiger charge is -2.21. The lowest BCUT2D eigenvalue weighted by Crippen LogP contribution is -2.14. The summed E-state index contributed by atoms with van der Waals surface area (Å²) in [7, 11) is -2.80. The summed E-state index contributed by atoms with van der Waals surface area (Å²) in [6.45, 7) is 1.05. The third-order valence-electron chi connectivity index (χ3n) is 4.90. The van der Waals surface area contributed by atoms with Crippen LogP contribution in [0.2, 0.25) is 0 Å². The van der Waals surface area contributed by atoms with Crippen molar-refractivity contribution in [2.45, 2.75) is 12.6 Å². The van der Waals surface area contributed by atoms with Crippen molar-refractivity contribution in [3.8, 4) is 11.1 Å². The molecular weight excluding hydrogens is 409 g/mol. The highest BCUT2D eigenvalue weighted by atomic mass is 31.2. The Morgan fingerprint density at radius 3 is 2.39 bits per heavy atom. The second kappa shape index (κ2) is 9.99. The van der Waals surface area contributed by atoms with Gasteiger partial charge in [0.05, 0.1) is 13.2 Å². The van der Waals surface area contributed by atoms with Crippen molar-refractivity contribution in [3.63, 3.8) is 0 Å². The van der Waals surface area contributed by atoms with Gasteiger partial charge >= 0.3 is 7.94 Å². The molecule has 158 valence electrons. The second-order valence-electron chi connectivity index (χ2n) is 7.33. The summed E-state index contributed by atoms with van der Waals surface area (Å²) in [5.74, 6) is -0.206. The zero-order valence-electron chi connectivity index (χ0n) is 17.1. The van der Waals surface area contributed by atoms with E-state index in [0.29, 0.717) is 25.1 Å². The van der Waals surface area contributed by atoms with Gasteiger partial charge in [0.25, 0.3) is 0 Å². The molecule has 0 aliphatic carbocycles. The van der Waals surface area contributed by atoms with Gasteiger partial charge in [0.15, 0.2) is 6.16 Å². The molecule has 2 N–H and O–H groups in total. The topological polar surface area (TPSA) is 67.8 Å². The summed E-state index contributed by atoms with van der Waals surface area (Å²) in [5, 5.41) is 2.86. The zero-order chi connectivity index (χ0) is 21.5. The Morgan fingerprint density at radius 1 is 0.935 bits per heavy atom. The minimum atomic E-state index is -2.80. The fourth-order valence-corrected chi connectivity index (χ4v) is 5.09. The van der Waals surface area contributed by atoms with Gasteiger partial charge in [-0.25, -0.2) is 0 Å². The molecule has 3 aromatic carbocycles. The number of anilines is 1. The Bertz CT molecular complexity index is 1040. The maximum absolute atomic E-state index is 12.3. The van der Waals surface area contributed by atoms with Crippen LogP contribution >= 0.6 is 7.94 Å². The summed E-state index contributed by atoms with van der Waals surface area (Å²) >= 11 is 0. The number of carbonyl (C=O) groups is 1. The van der Waals surface area contributed by atoms with E-state index in [1.807, 2.05) is 54.6 Å². The molecule has 1 saturated heterocycles. The minimum Gasteiger partial charge on any atom is -0.323 e. The monoisotopic (exact) mass is 434 g/mol. The molecule has 3 aromatic rings. The molecule has 0 spiro atoms. The van der Waals surface area contributed by atoms with Crippen LogP contribution in [0, 0.1) is 0 Å². The predicted molar refractivity (Wildman–Crippen MR) is 125 cm³/mol. The van der Waals surface area contributed by atoms with Crippen molar-refractivity contribution in [1.82, 2.24) is 0 Å². The molecular formula is C25H25NO4P+. The minimum absolute atomic E-state index is 0.206. The lowest BCUT2D eigenvalue weighted by molar-refractivity contribution is -0.111. The first-order valence-corrected chi connectivity index (χ1v) is 12.0. The van der Waals surface area contributed by atoms with Crippen molar-refractivity contribution >= 4 is 25.6 Å². The first-order chi connectivity index (χ1) is 15.1. The molecule has 4 rings (SSSR count). The van der Waals surface area contributed by atoms with Crippen LogP contribution in [-0.2, 0) is 20.0 Å². The van der Waals surface area contributed by atoms with Crippen molar-refractivity contribution in [2.75, 3.05) is 18.5 Å². The normalized spacial score (nSPS) is 15.6. The zero-order valence-corrected chi connectivity index (χ0v) is 18.0. The number of hydrogen-bond donors (Lipinski definition) is 2. The van der Waals surface area contributed by atoms with Crippen LogP contribution < -0.4 is 5.32 Å². The van der Waals surface area contributed by atoms with Crippen molar-refractivity contribution in [1.29, 1.82) is 0 Å². The highest BCUT2D eigenvalue weighted by Gasteiger charge is 2.43. The molecule has 0 atom stereocenters. The molecule has 1 aliphatic heterocycles. The summed E-state index contributed by atoms with van der Waals surface area (Å²) in [6.07, 6.45) is 4.47. The van der Waals surface area contributed by atoms with E-state index in [1.54, 1.807) is 6.08 Å². The summed E-state index contributed by atoms with van der Waals surface area (Å²) in [5.41, 5.74) is 4.79. The molecule has 1 heterocycles. The maximum atomic E-state index is 12.3. The SMILES string of the molecule is O=C(C=Cc1cccc(-c2ccccc2)c1)Nc1ccc(C[P+]2(O)OCCCO2)cc1. The molecule has 1 fully saturated rings. The maximum Gasteiger partial charge on any atom is 0.413 e.